The molecule has 2 rings (SSSR count). The van der Waals surface area contributed by atoms with Gasteiger partial charge in [-0.1, -0.05) is 22.0 Å². The van der Waals surface area contributed by atoms with Gasteiger partial charge in [0.05, 0.1) is 6.61 Å². The first-order valence-electron chi connectivity index (χ1n) is 6.92. The molecule has 106 valence electrons. The number of anilines is 1. The van der Waals surface area contributed by atoms with Crippen LogP contribution in [0.4, 0.5) is 5.69 Å². The second kappa shape index (κ2) is 6.73. The van der Waals surface area contributed by atoms with Crippen molar-refractivity contribution in [3.8, 4) is 0 Å². The topological polar surface area (TPSA) is 38.5 Å². The SMILES string of the molecule is CC(N)c1ccc(N(C)CCOCC2CC2)cc1Br. The average Bonchev–Trinajstić information content (AvgIpc) is 3.17. The summed E-state index contributed by atoms with van der Waals surface area (Å²) in [4.78, 5) is 2.21. The first-order valence-corrected chi connectivity index (χ1v) is 7.71. The zero-order valence-electron chi connectivity index (χ0n) is 11.7. The van der Waals surface area contributed by atoms with Gasteiger partial charge in [0.1, 0.15) is 0 Å². The fourth-order valence-corrected chi connectivity index (χ4v) is 2.72. The summed E-state index contributed by atoms with van der Waals surface area (Å²) in [5, 5.41) is 0. The molecule has 19 heavy (non-hydrogen) atoms. The van der Waals surface area contributed by atoms with Gasteiger partial charge < -0.3 is 15.4 Å². The van der Waals surface area contributed by atoms with Crippen LogP contribution in [-0.4, -0.2) is 26.8 Å². The molecule has 1 unspecified atom stereocenters. The monoisotopic (exact) mass is 326 g/mol. The van der Waals surface area contributed by atoms with Crippen molar-refractivity contribution < 1.29 is 4.74 Å². The van der Waals surface area contributed by atoms with E-state index in [1.54, 1.807) is 0 Å². The number of benzene rings is 1. The summed E-state index contributed by atoms with van der Waals surface area (Å²) in [6.45, 7) is 4.63. The van der Waals surface area contributed by atoms with Gasteiger partial charge in [-0.25, -0.2) is 0 Å². The van der Waals surface area contributed by atoms with E-state index in [-0.39, 0.29) is 6.04 Å². The molecule has 0 spiro atoms. The highest BCUT2D eigenvalue weighted by Crippen LogP contribution is 2.29. The molecule has 1 aromatic rings. The maximum atomic E-state index is 5.91. The smallest absolute Gasteiger partial charge is 0.0641 e. The average molecular weight is 327 g/mol. The van der Waals surface area contributed by atoms with Gasteiger partial charge >= 0.3 is 0 Å². The number of halogens is 1. The third-order valence-electron chi connectivity index (χ3n) is 3.54. The number of likely N-dealkylation sites (N-methyl/N-ethyl adjacent to an activating group) is 1. The minimum Gasteiger partial charge on any atom is -0.379 e. The maximum Gasteiger partial charge on any atom is 0.0641 e. The Labute approximate surface area is 124 Å². The van der Waals surface area contributed by atoms with E-state index in [4.69, 9.17) is 10.5 Å². The largest absolute Gasteiger partial charge is 0.379 e. The van der Waals surface area contributed by atoms with Crippen LogP contribution in [0.5, 0.6) is 0 Å². The van der Waals surface area contributed by atoms with Crippen molar-refractivity contribution in [1.82, 2.24) is 0 Å². The summed E-state index contributed by atoms with van der Waals surface area (Å²) in [5.74, 6) is 0.838. The van der Waals surface area contributed by atoms with Crippen LogP contribution in [0.15, 0.2) is 22.7 Å². The van der Waals surface area contributed by atoms with Gasteiger partial charge in [0.2, 0.25) is 0 Å². The first-order chi connectivity index (χ1) is 9.08. The van der Waals surface area contributed by atoms with Crippen molar-refractivity contribution in [3.63, 3.8) is 0 Å². The summed E-state index contributed by atoms with van der Waals surface area (Å²) in [5.41, 5.74) is 8.24. The van der Waals surface area contributed by atoms with Gasteiger partial charge in [0.15, 0.2) is 0 Å². The lowest BCUT2D eigenvalue weighted by Gasteiger charge is -2.21. The Kier molecular flexibility index (Phi) is 5.25. The van der Waals surface area contributed by atoms with Crippen LogP contribution in [0.25, 0.3) is 0 Å². The fourth-order valence-electron chi connectivity index (χ4n) is 1.99. The first kappa shape index (κ1) is 14.8. The number of hydrogen-bond donors (Lipinski definition) is 1. The highest BCUT2D eigenvalue weighted by Gasteiger charge is 2.21. The number of ether oxygens (including phenoxy) is 1. The van der Waals surface area contributed by atoms with Crippen molar-refractivity contribution >= 4 is 21.6 Å². The summed E-state index contributed by atoms with van der Waals surface area (Å²) in [6.07, 6.45) is 2.70. The van der Waals surface area contributed by atoms with Gasteiger partial charge in [0.25, 0.3) is 0 Å². The van der Waals surface area contributed by atoms with Gasteiger partial charge in [-0.15, -0.1) is 0 Å². The third-order valence-corrected chi connectivity index (χ3v) is 4.22. The maximum absolute atomic E-state index is 5.91. The van der Waals surface area contributed by atoms with Crippen LogP contribution in [0, 0.1) is 5.92 Å². The van der Waals surface area contributed by atoms with Crippen molar-refractivity contribution in [2.24, 2.45) is 11.7 Å². The Morgan fingerprint density at radius 2 is 2.21 bits per heavy atom. The van der Waals surface area contributed by atoms with Gasteiger partial charge in [-0.05, 0) is 43.4 Å². The van der Waals surface area contributed by atoms with Crippen LogP contribution in [0.1, 0.15) is 31.4 Å². The Bertz CT molecular complexity index is 419. The van der Waals surface area contributed by atoms with Crippen molar-refractivity contribution in [2.75, 3.05) is 31.7 Å². The third kappa shape index (κ3) is 4.48. The summed E-state index contributed by atoms with van der Waals surface area (Å²) in [6, 6.07) is 6.38. The molecule has 1 fully saturated rings. The Morgan fingerprint density at radius 1 is 1.47 bits per heavy atom. The fraction of sp³-hybridized carbons (Fsp3) is 0.600. The molecule has 4 heteroatoms. The van der Waals surface area contributed by atoms with Crippen molar-refractivity contribution in [1.29, 1.82) is 0 Å². The van der Waals surface area contributed by atoms with E-state index in [2.05, 4.69) is 46.1 Å². The van der Waals surface area contributed by atoms with Gasteiger partial charge in [-0.2, -0.15) is 0 Å². The van der Waals surface area contributed by atoms with E-state index in [1.165, 1.54) is 18.5 Å². The lowest BCUT2D eigenvalue weighted by molar-refractivity contribution is 0.131. The zero-order valence-corrected chi connectivity index (χ0v) is 13.3. The molecule has 0 amide bonds. The van der Waals surface area contributed by atoms with Gasteiger partial charge in [0, 0.05) is 36.4 Å². The molecule has 0 aliphatic heterocycles. The van der Waals surface area contributed by atoms with E-state index in [9.17, 15) is 0 Å². The van der Waals surface area contributed by atoms with Crippen molar-refractivity contribution in [2.45, 2.75) is 25.8 Å². The number of rotatable bonds is 7. The number of hydrogen-bond acceptors (Lipinski definition) is 3. The predicted octanol–water partition coefficient (Wildman–Crippen LogP) is 3.33. The zero-order chi connectivity index (χ0) is 13.8. The molecule has 2 N–H and O–H groups in total. The molecular weight excluding hydrogens is 304 g/mol. The van der Waals surface area contributed by atoms with Crippen LogP contribution in [0.3, 0.4) is 0 Å². The molecule has 1 aliphatic carbocycles. The van der Waals surface area contributed by atoms with E-state index in [0.29, 0.717) is 0 Å². The van der Waals surface area contributed by atoms with Crippen LogP contribution in [-0.2, 0) is 4.74 Å². The molecular formula is C15H23BrN2O. The van der Waals surface area contributed by atoms with E-state index in [0.717, 1.165) is 35.7 Å². The summed E-state index contributed by atoms with van der Waals surface area (Å²) in [7, 11) is 2.09. The molecule has 3 nitrogen and oxygen atoms in total. The van der Waals surface area contributed by atoms with Crippen molar-refractivity contribution in [3.05, 3.63) is 28.2 Å². The summed E-state index contributed by atoms with van der Waals surface area (Å²) >= 11 is 3.59. The summed E-state index contributed by atoms with van der Waals surface area (Å²) < 4.78 is 6.74. The molecule has 0 radical (unpaired) electrons. The Hall–Kier alpha value is -0.580. The number of nitrogens with two attached hydrogens (primary N) is 1. The number of nitrogens with zero attached hydrogens (tertiary/aromatic N) is 1. The molecule has 0 bridgehead atoms. The van der Waals surface area contributed by atoms with E-state index < -0.39 is 0 Å². The molecule has 0 aromatic heterocycles. The predicted molar refractivity (Wildman–Crippen MR) is 83.6 cm³/mol. The minimum absolute atomic E-state index is 0.0515. The van der Waals surface area contributed by atoms with E-state index >= 15 is 0 Å². The molecule has 0 saturated heterocycles. The molecule has 1 atom stereocenters. The Morgan fingerprint density at radius 3 is 2.79 bits per heavy atom. The highest BCUT2D eigenvalue weighted by molar-refractivity contribution is 9.10. The van der Waals surface area contributed by atoms with Gasteiger partial charge in [-0.3, -0.25) is 0 Å². The van der Waals surface area contributed by atoms with Crippen LogP contribution >= 0.6 is 15.9 Å². The lowest BCUT2D eigenvalue weighted by Crippen LogP contribution is -2.23. The molecule has 1 aliphatic rings. The molecule has 0 heterocycles. The highest BCUT2D eigenvalue weighted by atomic mass is 79.9. The van der Waals surface area contributed by atoms with Crippen LogP contribution in [0.2, 0.25) is 0 Å². The van der Waals surface area contributed by atoms with E-state index in [1.807, 2.05) is 6.92 Å². The standard InChI is InChI=1S/C15H23BrN2O/c1-11(17)14-6-5-13(9-15(14)16)18(2)7-8-19-10-12-3-4-12/h5-6,9,11-12H,3-4,7-8,10,17H2,1-2H3. The van der Waals surface area contributed by atoms with Crippen LogP contribution < -0.4 is 10.6 Å². The Balaban J connectivity index is 1.83. The minimum atomic E-state index is 0.0515. The second-order valence-electron chi connectivity index (χ2n) is 5.43. The quantitative estimate of drug-likeness (QED) is 0.781. The lowest BCUT2D eigenvalue weighted by atomic mass is 10.1. The molecule has 1 aromatic carbocycles. The molecule has 1 saturated carbocycles. The normalized spacial score (nSPS) is 16.4. The second-order valence-corrected chi connectivity index (χ2v) is 6.29.